The van der Waals surface area contributed by atoms with Gasteiger partial charge in [-0.05, 0) is 55.7 Å². The van der Waals surface area contributed by atoms with Crippen molar-refractivity contribution in [3.8, 4) is 0 Å². The van der Waals surface area contributed by atoms with Crippen LogP contribution >= 0.6 is 0 Å². The summed E-state index contributed by atoms with van der Waals surface area (Å²) >= 11 is 0. The van der Waals surface area contributed by atoms with Crippen LogP contribution in [0.4, 0.5) is 5.69 Å². The fraction of sp³-hybridized carbons (Fsp3) is 0.444. The maximum absolute atomic E-state index is 12.3. The molecule has 22 heavy (non-hydrogen) atoms. The van der Waals surface area contributed by atoms with Crippen molar-refractivity contribution in [2.24, 2.45) is 5.92 Å². The van der Waals surface area contributed by atoms with Gasteiger partial charge in [0, 0.05) is 11.9 Å². The summed E-state index contributed by atoms with van der Waals surface area (Å²) in [4.78, 5) is 12.3. The number of fused-ring (bicyclic) bond motifs is 1. The second-order valence-electron chi connectivity index (χ2n) is 6.46. The number of nitrogens with zero attached hydrogens (tertiary/aromatic N) is 2. The van der Waals surface area contributed by atoms with Crippen LogP contribution in [0.3, 0.4) is 0 Å². The Morgan fingerprint density at radius 1 is 1.36 bits per heavy atom. The molecule has 1 heterocycles. The Hall–Kier alpha value is -2.10. The van der Waals surface area contributed by atoms with Crippen LogP contribution in [0.15, 0.2) is 24.4 Å². The first-order valence-electron chi connectivity index (χ1n) is 7.94. The van der Waals surface area contributed by atoms with Gasteiger partial charge in [0.25, 0.3) is 0 Å². The van der Waals surface area contributed by atoms with Crippen molar-refractivity contribution in [2.75, 3.05) is 5.32 Å². The molecule has 1 aromatic heterocycles. The van der Waals surface area contributed by atoms with Gasteiger partial charge < -0.3 is 5.32 Å². The number of para-hydroxylation sites is 1. The molecule has 2 aromatic rings. The van der Waals surface area contributed by atoms with Crippen molar-refractivity contribution >= 4 is 11.6 Å². The smallest absolute Gasteiger partial charge is 0.246 e. The number of hydrogen-bond acceptors (Lipinski definition) is 2. The Morgan fingerprint density at radius 3 is 2.82 bits per heavy atom. The van der Waals surface area contributed by atoms with E-state index in [-0.39, 0.29) is 12.5 Å². The van der Waals surface area contributed by atoms with Crippen molar-refractivity contribution < 1.29 is 4.79 Å². The molecule has 0 fully saturated rings. The van der Waals surface area contributed by atoms with E-state index in [0.29, 0.717) is 5.92 Å². The van der Waals surface area contributed by atoms with Crippen molar-refractivity contribution in [1.82, 2.24) is 9.78 Å². The van der Waals surface area contributed by atoms with Gasteiger partial charge in [0.05, 0.1) is 5.69 Å². The molecule has 1 N–H and O–H groups in total. The molecule has 1 aliphatic rings. The third kappa shape index (κ3) is 3.06. The van der Waals surface area contributed by atoms with Gasteiger partial charge in [-0.3, -0.25) is 9.48 Å². The highest BCUT2D eigenvalue weighted by molar-refractivity contribution is 5.92. The molecule has 4 nitrogen and oxygen atoms in total. The van der Waals surface area contributed by atoms with Crippen LogP contribution in [0.5, 0.6) is 0 Å². The molecule has 0 radical (unpaired) electrons. The van der Waals surface area contributed by atoms with Gasteiger partial charge in [-0.1, -0.05) is 25.1 Å². The fourth-order valence-corrected chi connectivity index (χ4v) is 3.16. The van der Waals surface area contributed by atoms with E-state index in [2.05, 4.69) is 17.3 Å². The molecular weight excluding hydrogens is 274 g/mol. The maximum Gasteiger partial charge on any atom is 0.246 e. The minimum atomic E-state index is -0.0229. The summed E-state index contributed by atoms with van der Waals surface area (Å²) in [7, 11) is 0. The van der Waals surface area contributed by atoms with Crippen molar-refractivity contribution in [2.45, 2.75) is 46.6 Å². The Balaban J connectivity index is 1.70. The van der Waals surface area contributed by atoms with Crippen LogP contribution < -0.4 is 5.32 Å². The summed E-state index contributed by atoms with van der Waals surface area (Å²) in [6, 6.07) is 6.02. The van der Waals surface area contributed by atoms with Gasteiger partial charge in [-0.15, -0.1) is 0 Å². The zero-order valence-electron chi connectivity index (χ0n) is 13.5. The van der Waals surface area contributed by atoms with E-state index in [1.54, 1.807) is 4.68 Å². The average molecular weight is 297 g/mol. The van der Waals surface area contributed by atoms with E-state index in [9.17, 15) is 4.79 Å². The van der Waals surface area contributed by atoms with E-state index in [1.807, 2.05) is 38.2 Å². The molecule has 0 unspecified atom stereocenters. The topological polar surface area (TPSA) is 46.9 Å². The first-order chi connectivity index (χ1) is 10.5. The molecule has 3 rings (SSSR count). The van der Waals surface area contributed by atoms with Gasteiger partial charge >= 0.3 is 0 Å². The molecule has 0 saturated heterocycles. The van der Waals surface area contributed by atoms with E-state index in [4.69, 9.17) is 0 Å². The van der Waals surface area contributed by atoms with Crippen LogP contribution in [0.2, 0.25) is 0 Å². The SMILES string of the molecule is Cc1cccc(C)c1NC(=O)Cn1cc2c(n1)CC[C@H](C)C2. The maximum atomic E-state index is 12.3. The number of nitrogens with one attached hydrogen (secondary N) is 1. The molecular formula is C18H23N3O. The molecule has 1 amide bonds. The second-order valence-corrected chi connectivity index (χ2v) is 6.46. The number of carbonyl (C=O) groups excluding carboxylic acids is 1. The number of benzene rings is 1. The molecule has 0 spiro atoms. The van der Waals surface area contributed by atoms with Crippen molar-refractivity contribution in [1.29, 1.82) is 0 Å². The number of rotatable bonds is 3. The summed E-state index contributed by atoms with van der Waals surface area (Å²) in [5.41, 5.74) is 5.55. The first kappa shape index (κ1) is 14.8. The molecule has 116 valence electrons. The molecule has 1 aliphatic carbocycles. The van der Waals surface area contributed by atoms with Crippen molar-refractivity contribution in [3.05, 3.63) is 46.8 Å². The minimum absolute atomic E-state index is 0.0229. The summed E-state index contributed by atoms with van der Waals surface area (Å²) in [5.74, 6) is 0.693. The Bertz CT molecular complexity index is 682. The number of carbonyl (C=O) groups is 1. The van der Waals surface area contributed by atoms with Crippen molar-refractivity contribution in [3.63, 3.8) is 0 Å². The first-order valence-corrected chi connectivity index (χ1v) is 7.94. The van der Waals surface area contributed by atoms with Crippen LogP contribution in [0.1, 0.15) is 35.7 Å². The lowest BCUT2D eigenvalue weighted by Gasteiger charge is -2.15. The van der Waals surface area contributed by atoms with Crippen LogP contribution in [0, 0.1) is 19.8 Å². The molecule has 4 heteroatoms. The van der Waals surface area contributed by atoms with Gasteiger partial charge in [-0.25, -0.2) is 0 Å². The summed E-state index contributed by atoms with van der Waals surface area (Å²) < 4.78 is 1.78. The third-order valence-corrected chi connectivity index (χ3v) is 4.42. The molecule has 0 saturated carbocycles. The Kier molecular flexibility index (Phi) is 4.01. The number of anilines is 1. The normalized spacial score (nSPS) is 17.1. The third-order valence-electron chi connectivity index (χ3n) is 4.42. The number of amides is 1. The zero-order valence-corrected chi connectivity index (χ0v) is 13.5. The van der Waals surface area contributed by atoms with Gasteiger partial charge in [0.15, 0.2) is 0 Å². The standard InChI is InChI=1S/C18H23N3O/c1-12-7-8-16-15(9-12)10-21(20-16)11-17(22)19-18-13(2)5-4-6-14(18)3/h4-6,10,12H,7-9,11H2,1-3H3,(H,19,22)/t12-/m0/s1. The van der Waals surface area contributed by atoms with E-state index < -0.39 is 0 Å². The van der Waals surface area contributed by atoms with Crippen LogP contribution in [-0.4, -0.2) is 15.7 Å². The lowest BCUT2D eigenvalue weighted by molar-refractivity contribution is -0.116. The predicted molar refractivity (Wildman–Crippen MR) is 88.0 cm³/mol. The highest BCUT2D eigenvalue weighted by atomic mass is 16.2. The Morgan fingerprint density at radius 2 is 2.09 bits per heavy atom. The number of aromatic nitrogens is 2. The largest absolute Gasteiger partial charge is 0.324 e. The van der Waals surface area contributed by atoms with Gasteiger partial charge in [0.1, 0.15) is 6.54 Å². The van der Waals surface area contributed by atoms with Gasteiger partial charge in [-0.2, -0.15) is 5.10 Å². The summed E-state index contributed by atoms with van der Waals surface area (Å²) in [5, 5.41) is 7.58. The van der Waals surface area contributed by atoms with Crippen LogP contribution in [-0.2, 0) is 24.2 Å². The lowest BCUT2D eigenvalue weighted by Crippen LogP contribution is -2.20. The van der Waals surface area contributed by atoms with Gasteiger partial charge in [0.2, 0.25) is 5.91 Å². The van der Waals surface area contributed by atoms with E-state index in [1.165, 1.54) is 12.0 Å². The highest BCUT2D eigenvalue weighted by Crippen LogP contribution is 2.24. The second kappa shape index (κ2) is 5.95. The predicted octanol–water partition coefficient (Wildman–Crippen LogP) is 3.26. The molecule has 1 aromatic carbocycles. The molecule has 0 aliphatic heterocycles. The quantitative estimate of drug-likeness (QED) is 0.945. The number of aryl methyl sites for hydroxylation is 3. The van der Waals surface area contributed by atoms with E-state index >= 15 is 0 Å². The summed E-state index contributed by atoms with van der Waals surface area (Å²) in [6.07, 6.45) is 5.34. The van der Waals surface area contributed by atoms with E-state index in [0.717, 1.165) is 35.3 Å². The fourth-order valence-electron chi connectivity index (χ4n) is 3.16. The molecule has 0 bridgehead atoms. The summed E-state index contributed by atoms with van der Waals surface area (Å²) in [6.45, 7) is 6.57. The highest BCUT2D eigenvalue weighted by Gasteiger charge is 2.19. The minimum Gasteiger partial charge on any atom is -0.324 e. The average Bonchev–Trinajstić information content (AvgIpc) is 2.84. The monoisotopic (exact) mass is 297 g/mol. The molecule has 1 atom stereocenters. The lowest BCUT2D eigenvalue weighted by atomic mass is 9.89. The Labute approximate surface area is 131 Å². The zero-order chi connectivity index (χ0) is 15.7. The van der Waals surface area contributed by atoms with Crippen LogP contribution in [0.25, 0.3) is 0 Å². The number of hydrogen-bond donors (Lipinski definition) is 1.